The van der Waals surface area contributed by atoms with Gasteiger partial charge in [0.05, 0.1) is 21.5 Å². The molecule has 0 aliphatic carbocycles. The van der Waals surface area contributed by atoms with Crippen molar-refractivity contribution in [3.63, 3.8) is 0 Å². The summed E-state index contributed by atoms with van der Waals surface area (Å²) in [4.78, 5) is 21.6. The van der Waals surface area contributed by atoms with Crippen LogP contribution in [0.4, 0.5) is 5.69 Å². The second-order valence-electron chi connectivity index (χ2n) is 3.53. The maximum Gasteiger partial charge on any atom is 0.269 e. The number of nitrogens with zero attached hydrogens (tertiary/aromatic N) is 1. The van der Waals surface area contributed by atoms with Crippen molar-refractivity contribution < 1.29 is 13.9 Å². The smallest absolute Gasteiger partial charge is 0.269 e. The Morgan fingerprint density at radius 2 is 1.94 bits per heavy atom. The minimum absolute atomic E-state index is 0.0222. The number of carbonyl (C=O) groups excluding carboxylic acids is 1. The van der Waals surface area contributed by atoms with Gasteiger partial charge in [-0.3, -0.25) is 19.1 Å². The summed E-state index contributed by atoms with van der Waals surface area (Å²) in [6, 6.07) is 5.43. The van der Waals surface area contributed by atoms with E-state index in [1.807, 2.05) is 6.92 Å². The summed E-state index contributed by atoms with van der Waals surface area (Å²) in [5.74, 6) is -0.0739. The van der Waals surface area contributed by atoms with Gasteiger partial charge in [0.1, 0.15) is 5.78 Å². The normalized spacial score (nSPS) is 12.1. The van der Waals surface area contributed by atoms with Crippen molar-refractivity contribution in [2.45, 2.75) is 24.7 Å². The Balaban J connectivity index is 2.70. The standard InChI is InChI=1S/C11H13NO4S/c1-2-3-10(13)8-17(16)11-6-4-9(5-7-11)12(14)15/h4-7H,2-3,8H2,1H3. The van der Waals surface area contributed by atoms with E-state index in [1.165, 1.54) is 24.3 Å². The molecule has 0 heterocycles. The summed E-state index contributed by atoms with van der Waals surface area (Å²) >= 11 is 0. The fourth-order valence-electron chi connectivity index (χ4n) is 1.30. The molecule has 0 aromatic heterocycles. The summed E-state index contributed by atoms with van der Waals surface area (Å²) in [7, 11) is -1.41. The van der Waals surface area contributed by atoms with E-state index in [1.54, 1.807) is 0 Å². The molecular formula is C11H13NO4S. The van der Waals surface area contributed by atoms with Crippen molar-refractivity contribution in [1.29, 1.82) is 0 Å². The van der Waals surface area contributed by atoms with E-state index < -0.39 is 15.7 Å². The zero-order chi connectivity index (χ0) is 12.8. The first-order valence-corrected chi connectivity index (χ1v) is 6.51. The summed E-state index contributed by atoms with van der Waals surface area (Å²) in [6.07, 6.45) is 1.15. The van der Waals surface area contributed by atoms with Crippen LogP contribution in [0.25, 0.3) is 0 Å². The number of carbonyl (C=O) groups is 1. The Morgan fingerprint density at radius 3 is 2.41 bits per heavy atom. The molecule has 5 nitrogen and oxygen atoms in total. The highest BCUT2D eigenvalue weighted by atomic mass is 32.2. The Labute approximate surface area is 101 Å². The lowest BCUT2D eigenvalue weighted by molar-refractivity contribution is -0.384. The molecule has 0 aliphatic heterocycles. The third-order valence-corrected chi connectivity index (χ3v) is 3.51. The number of Topliss-reactive ketones (excluding diaryl/α,β-unsaturated/α-hetero) is 1. The van der Waals surface area contributed by atoms with E-state index in [4.69, 9.17) is 0 Å². The van der Waals surface area contributed by atoms with Gasteiger partial charge in [0.25, 0.3) is 5.69 Å². The minimum atomic E-state index is -1.41. The van der Waals surface area contributed by atoms with Crippen LogP contribution in [0.3, 0.4) is 0 Å². The first-order chi connectivity index (χ1) is 8.04. The van der Waals surface area contributed by atoms with Crippen LogP contribution in [-0.4, -0.2) is 20.7 Å². The van der Waals surface area contributed by atoms with Crippen LogP contribution in [-0.2, 0) is 15.6 Å². The molecule has 92 valence electrons. The second kappa shape index (κ2) is 6.24. The fourth-order valence-corrected chi connectivity index (χ4v) is 2.34. The van der Waals surface area contributed by atoms with Gasteiger partial charge in [-0.25, -0.2) is 0 Å². The van der Waals surface area contributed by atoms with Crippen LogP contribution in [0.15, 0.2) is 29.2 Å². The number of hydrogen-bond acceptors (Lipinski definition) is 4. The lowest BCUT2D eigenvalue weighted by Gasteiger charge is -2.00. The molecule has 1 aromatic rings. The lowest BCUT2D eigenvalue weighted by atomic mass is 10.3. The predicted molar refractivity (Wildman–Crippen MR) is 64.3 cm³/mol. The fraction of sp³-hybridized carbons (Fsp3) is 0.364. The summed E-state index contributed by atoms with van der Waals surface area (Å²) in [5.41, 5.74) is -0.0503. The molecule has 0 bridgehead atoms. The van der Waals surface area contributed by atoms with E-state index in [-0.39, 0.29) is 17.2 Å². The van der Waals surface area contributed by atoms with Gasteiger partial charge in [0.15, 0.2) is 0 Å². The Bertz CT molecular complexity index is 441. The van der Waals surface area contributed by atoms with Gasteiger partial charge < -0.3 is 0 Å². The summed E-state index contributed by atoms with van der Waals surface area (Å²) in [5, 5.41) is 10.4. The molecule has 0 spiro atoms. The predicted octanol–water partition coefficient (Wildman–Crippen LogP) is 2.07. The molecule has 0 aliphatic rings. The quantitative estimate of drug-likeness (QED) is 0.576. The Morgan fingerprint density at radius 1 is 1.35 bits per heavy atom. The molecule has 6 heteroatoms. The van der Waals surface area contributed by atoms with E-state index in [9.17, 15) is 19.1 Å². The number of hydrogen-bond donors (Lipinski definition) is 0. The van der Waals surface area contributed by atoms with Crippen molar-refractivity contribution in [3.05, 3.63) is 34.4 Å². The van der Waals surface area contributed by atoms with Crippen LogP contribution in [0.5, 0.6) is 0 Å². The number of nitro benzene ring substituents is 1. The van der Waals surface area contributed by atoms with Gasteiger partial charge in [-0.05, 0) is 18.6 Å². The third-order valence-electron chi connectivity index (χ3n) is 2.13. The maximum absolute atomic E-state index is 11.7. The molecule has 1 unspecified atom stereocenters. The summed E-state index contributed by atoms with van der Waals surface area (Å²) in [6.45, 7) is 1.88. The van der Waals surface area contributed by atoms with Crippen LogP contribution in [0.2, 0.25) is 0 Å². The van der Waals surface area contributed by atoms with Crippen LogP contribution < -0.4 is 0 Å². The molecular weight excluding hydrogens is 242 g/mol. The van der Waals surface area contributed by atoms with Gasteiger partial charge in [-0.1, -0.05) is 6.92 Å². The van der Waals surface area contributed by atoms with Gasteiger partial charge in [-0.2, -0.15) is 0 Å². The van der Waals surface area contributed by atoms with Crippen molar-refractivity contribution >= 4 is 22.3 Å². The van der Waals surface area contributed by atoms with E-state index in [0.29, 0.717) is 11.3 Å². The van der Waals surface area contributed by atoms with E-state index >= 15 is 0 Å². The topological polar surface area (TPSA) is 77.3 Å². The van der Waals surface area contributed by atoms with Crippen molar-refractivity contribution in [2.75, 3.05) is 5.75 Å². The van der Waals surface area contributed by atoms with Crippen molar-refractivity contribution in [1.82, 2.24) is 0 Å². The van der Waals surface area contributed by atoms with Crippen LogP contribution in [0.1, 0.15) is 19.8 Å². The molecule has 17 heavy (non-hydrogen) atoms. The first-order valence-electron chi connectivity index (χ1n) is 5.19. The average molecular weight is 255 g/mol. The van der Waals surface area contributed by atoms with Crippen LogP contribution >= 0.6 is 0 Å². The highest BCUT2D eigenvalue weighted by Gasteiger charge is 2.11. The monoisotopic (exact) mass is 255 g/mol. The molecule has 0 saturated carbocycles. The molecule has 0 fully saturated rings. The number of nitro groups is 1. The number of rotatable bonds is 6. The Kier molecular flexibility index (Phi) is 4.96. The highest BCUT2D eigenvalue weighted by molar-refractivity contribution is 7.85. The van der Waals surface area contributed by atoms with Crippen LogP contribution in [0, 0.1) is 10.1 Å². The second-order valence-corrected chi connectivity index (χ2v) is 4.98. The van der Waals surface area contributed by atoms with E-state index in [0.717, 1.165) is 6.42 Å². The van der Waals surface area contributed by atoms with Crippen molar-refractivity contribution in [2.24, 2.45) is 0 Å². The lowest BCUT2D eigenvalue weighted by Crippen LogP contribution is -2.10. The SMILES string of the molecule is CCCC(=O)CS(=O)c1ccc([N+](=O)[O-])cc1. The number of non-ortho nitro benzene ring substituents is 1. The van der Waals surface area contributed by atoms with Gasteiger partial charge in [-0.15, -0.1) is 0 Å². The van der Waals surface area contributed by atoms with Gasteiger partial charge in [0.2, 0.25) is 0 Å². The largest absolute Gasteiger partial charge is 0.299 e. The first kappa shape index (κ1) is 13.5. The highest BCUT2D eigenvalue weighted by Crippen LogP contribution is 2.15. The Hall–Kier alpha value is -1.56. The molecule has 1 atom stereocenters. The molecule has 0 saturated heterocycles. The van der Waals surface area contributed by atoms with Gasteiger partial charge in [0, 0.05) is 23.4 Å². The molecule has 0 amide bonds. The van der Waals surface area contributed by atoms with E-state index in [2.05, 4.69) is 0 Å². The van der Waals surface area contributed by atoms with Crippen molar-refractivity contribution in [3.8, 4) is 0 Å². The maximum atomic E-state index is 11.7. The third kappa shape index (κ3) is 4.07. The minimum Gasteiger partial charge on any atom is -0.299 e. The van der Waals surface area contributed by atoms with Gasteiger partial charge >= 0.3 is 0 Å². The zero-order valence-electron chi connectivity index (χ0n) is 9.42. The molecule has 1 aromatic carbocycles. The zero-order valence-corrected chi connectivity index (χ0v) is 10.2. The molecule has 1 rings (SSSR count). The average Bonchev–Trinajstić information content (AvgIpc) is 2.29. The number of benzene rings is 1. The molecule has 0 N–H and O–H groups in total. The summed E-state index contributed by atoms with van der Waals surface area (Å²) < 4.78 is 11.7. The number of ketones is 1. The molecule has 0 radical (unpaired) electrons.